The van der Waals surface area contributed by atoms with Crippen molar-refractivity contribution in [3.63, 3.8) is 0 Å². The molecule has 2 nitrogen and oxygen atoms in total. The molecule has 0 amide bonds. The van der Waals surface area contributed by atoms with Crippen LogP contribution < -0.4 is 10.6 Å². The molecule has 0 bridgehead atoms. The van der Waals surface area contributed by atoms with Crippen molar-refractivity contribution in [3.8, 4) is 11.1 Å². The first-order valence-corrected chi connectivity index (χ1v) is 15.8. The number of nitrogens with zero attached hydrogens (tertiary/aromatic N) is 1. The van der Waals surface area contributed by atoms with Gasteiger partial charge in [-0.15, -0.1) is 0 Å². The van der Waals surface area contributed by atoms with Gasteiger partial charge >= 0.3 is 0 Å². The highest BCUT2D eigenvalue weighted by Crippen LogP contribution is 2.50. The van der Waals surface area contributed by atoms with Gasteiger partial charge in [-0.3, -0.25) is 0 Å². The van der Waals surface area contributed by atoms with Crippen molar-refractivity contribution < 1.29 is 5.73 Å². The normalized spacial score (nSPS) is 11.6. The molecule has 0 spiro atoms. The molecule has 3 N–H and O–H groups in total. The summed E-state index contributed by atoms with van der Waals surface area (Å²) in [4.78, 5) is 2.40. The zero-order valence-corrected chi connectivity index (χ0v) is 25.3. The fourth-order valence-electron chi connectivity index (χ4n) is 7.42. The molecule has 0 fully saturated rings. The lowest BCUT2D eigenvalue weighted by Gasteiger charge is -2.28. The summed E-state index contributed by atoms with van der Waals surface area (Å²) in [6.45, 7) is 0. The van der Waals surface area contributed by atoms with E-state index in [4.69, 9.17) is 0 Å². The number of para-hydroxylation sites is 2. The Kier molecular flexibility index (Phi) is 6.09. The summed E-state index contributed by atoms with van der Waals surface area (Å²) in [6, 6.07) is 61.3. The fourth-order valence-corrected chi connectivity index (χ4v) is 7.42. The summed E-state index contributed by atoms with van der Waals surface area (Å²) < 4.78 is 0. The molecule has 0 aliphatic rings. The van der Waals surface area contributed by atoms with Gasteiger partial charge in [0.25, 0.3) is 0 Å². The van der Waals surface area contributed by atoms with Gasteiger partial charge in [0.05, 0.1) is 11.1 Å². The predicted molar refractivity (Wildman–Crippen MR) is 197 cm³/mol. The van der Waals surface area contributed by atoms with Gasteiger partial charge in [0.1, 0.15) is 5.69 Å². The Morgan fingerprint density at radius 1 is 0.326 bits per heavy atom. The molecule has 2 heteroatoms. The maximum Gasteiger partial charge on any atom is 0.136 e. The highest BCUT2D eigenvalue weighted by molar-refractivity contribution is 6.42. The van der Waals surface area contributed by atoms with Gasteiger partial charge in [0.15, 0.2) is 0 Å². The molecular formula is C44H31N2+. The molecule has 9 aromatic carbocycles. The van der Waals surface area contributed by atoms with Crippen LogP contribution in [0.25, 0.3) is 65.0 Å². The van der Waals surface area contributed by atoms with Crippen LogP contribution in [0.2, 0.25) is 0 Å². The lowest BCUT2D eigenvalue weighted by atomic mass is 9.85. The van der Waals surface area contributed by atoms with Crippen LogP contribution in [0.1, 0.15) is 0 Å². The number of fused-ring (bicyclic) bond motifs is 11. The van der Waals surface area contributed by atoms with Crippen molar-refractivity contribution in [3.05, 3.63) is 170 Å². The lowest BCUT2D eigenvalue weighted by Crippen LogP contribution is -2.40. The molecular weight excluding hydrogens is 556 g/mol. The number of hydrogen-bond donors (Lipinski definition) is 1. The Hall–Kier alpha value is -5.96. The molecule has 0 saturated carbocycles. The first-order valence-electron chi connectivity index (χ1n) is 15.8. The van der Waals surface area contributed by atoms with Gasteiger partial charge in [-0.05, 0) is 85.2 Å². The van der Waals surface area contributed by atoms with Crippen LogP contribution in [0, 0.1) is 0 Å². The standard InChI is InChI=1S/C44H30N2/c45-39-26-27-40(46(31-16-6-2-7-17-31)32-18-8-3-9-19-32)44-42(39)37-25-24-30(29-14-4-1-5-15-29)28-38(37)41-35-22-12-10-20-33(35)34-21-11-13-23-36(34)43(41)44/h1-28H,45H2/p+1. The minimum Gasteiger partial charge on any atom is -0.325 e. The van der Waals surface area contributed by atoms with Crippen molar-refractivity contribution in [2.45, 2.75) is 0 Å². The first-order chi connectivity index (χ1) is 22.8. The predicted octanol–water partition coefficient (Wildman–Crippen LogP) is 11.5. The average Bonchev–Trinajstić information content (AvgIpc) is 3.13. The molecule has 0 atom stereocenters. The zero-order chi connectivity index (χ0) is 30.6. The number of hydrogen-bond acceptors (Lipinski definition) is 1. The van der Waals surface area contributed by atoms with E-state index in [2.05, 4.69) is 180 Å². The van der Waals surface area contributed by atoms with Crippen molar-refractivity contribution in [2.75, 3.05) is 4.90 Å². The Labute approximate surface area is 267 Å². The first kappa shape index (κ1) is 26.4. The van der Waals surface area contributed by atoms with Gasteiger partial charge in [-0.1, -0.05) is 127 Å². The molecule has 0 radical (unpaired) electrons. The molecule has 0 heterocycles. The van der Waals surface area contributed by atoms with Crippen molar-refractivity contribution in [1.82, 2.24) is 0 Å². The summed E-state index contributed by atoms with van der Waals surface area (Å²) in [5.41, 5.74) is 11.5. The smallest absolute Gasteiger partial charge is 0.136 e. The summed E-state index contributed by atoms with van der Waals surface area (Å²) >= 11 is 0. The summed E-state index contributed by atoms with van der Waals surface area (Å²) in [5.74, 6) is 0. The maximum atomic E-state index is 4.66. The second-order valence-corrected chi connectivity index (χ2v) is 12.0. The van der Waals surface area contributed by atoms with Crippen molar-refractivity contribution in [1.29, 1.82) is 0 Å². The number of quaternary nitrogens is 1. The number of benzene rings is 9. The van der Waals surface area contributed by atoms with E-state index in [-0.39, 0.29) is 0 Å². The topological polar surface area (TPSA) is 30.9 Å². The van der Waals surface area contributed by atoms with E-state index >= 15 is 0 Å². The molecule has 46 heavy (non-hydrogen) atoms. The van der Waals surface area contributed by atoms with Crippen LogP contribution in [-0.4, -0.2) is 0 Å². The molecule has 216 valence electrons. The zero-order valence-electron chi connectivity index (χ0n) is 25.3. The largest absolute Gasteiger partial charge is 0.325 e. The monoisotopic (exact) mass is 587 g/mol. The van der Waals surface area contributed by atoms with Gasteiger partial charge in [-0.2, -0.15) is 0 Å². The van der Waals surface area contributed by atoms with Crippen molar-refractivity contribution >= 4 is 76.6 Å². The SMILES string of the molecule is [NH3+]c1ccc(N(c2ccccc2)c2ccccc2)c2c1c1ccc(-c3ccccc3)cc1c1c3ccccc3c3ccccc3c21. The van der Waals surface area contributed by atoms with Gasteiger partial charge in [0, 0.05) is 28.2 Å². The van der Waals surface area contributed by atoms with Crippen molar-refractivity contribution in [2.24, 2.45) is 0 Å². The molecule has 0 aromatic heterocycles. The van der Waals surface area contributed by atoms with Gasteiger partial charge < -0.3 is 10.6 Å². The molecule has 9 rings (SSSR count). The second kappa shape index (κ2) is 10.6. The highest BCUT2D eigenvalue weighted by atomic mass is 15.1. The van der Waals surface area contributed by atoms with Crippen LogP contribution in [-0.2, 0) is 0 Å². The van der Waals surface area contributed by atoms with Crippen LogP contribution in [0.3, 0.4) is 0 Å². The van der Waals surface area contributed by atoms with E-state index < -0.39 is 0 Å². The van der Waals surface area contributed by atoms with Gasteiger partial charge in [-0.25, -0.2) is 0 Å². The third-order valence-corrected chi connectivity index (χ3v) is 9.39. The Balaban J connectivity index is 1.56. The lowest BCUT2D eigenvalue weighted by molar-refractivity contribution is -0.252. The average molecular weight is 588 g/mol. The van der Waals surface area contributed by atoms with Gasteiger partial charge in [0.2, 0.25) is 0 Å². The van der Waals surface area contributed by atoms with Crippen LogP contribution in [0.4, 0.5) is 22.7 Å². The second-order valence-electron chi connectivity index (χ2n) is 12.0. The summed E-state index contributed by atoms with van der Waals surface area (Å²) in [7, 11) is 0. The highest BCUT2D eigenvalue weighted by Gasteiger charge is 2.24. The minimum atomic E-state index is 1.02. The summed E-state index contributed by atoms with van der Waals surface area (Å²) in [6.07, 6.45) is 0. The fraction of sp³-hybridized carbons (Fsp3) is 0. The van der Waals surface area contributed by atoms with E-state index in [9.17, 15) is 0 Å². The molecule has 0 aliphatic carbocycles. The van der Waals surface area contributed by atoms with E-state index in [0.29, 0.717) is 0 Å². The van der Waals surface area contributed by atoms with E-state index in [1.165, 1.54) is 65.0 Å². The van der Waals surface area contributed by atoms with Crippen LogP contribution >= 0.6 is 0 Å². The third kappa shape index (κ3) is 4.01. The molecule has 0 aliphatic heterocycles. The quantitative estimate of drug-likeness (QED) is 0.204. The van der Waals surface area contributed by atoms with Crippen LogP contribution in [0.5, 0.6) is 0 Å². The molecule has 9 aromatic rings. The Morgan fingerprint density at radius 2 is 0.826 bits per heavy atom. The van der Waals surface area contributed by atoms with E-state index in [1.807, 2.05) is 0 Å². The molecule has 0 saturated heterocycles. The Morgan fingerprint density at radius 3 is 1.43 bits per heavy atom. The third-order valence-electron chi connectivity index (χ3n) is 9.39. The van der Waals surface area contributed by atoms with E-state index in [0.717, 1.165) is 22.7 Å². The minimum absolute atomic E-state index is 1.02. The molecule has 0 unspecified atom stereocenters. The van der Waals surface area contributed by atoms with E-state index in [1.54, 1.807) is 0 Å². The Bertz CT molecular complexity index is 2530. The number of rotatable bonds is 4. The van der Waals surface area contributed by atoms with Crippen LogP contribution in [0.15, 0.2) is 170 Å². The summed E-state index contributed by atoms with van der Waals surface area (Å²) in [5, 5.41) is 12.5. The maximum absolute atomic E-state index is 4.66. The number of anilines is 3.